The van der Waals surface area contributed by atoms with Gasteiger partial charge >= 0.3 is 6.03 Å². The molecule has 122 valence electrons. The summed E-state index contributed by atoms with van der Waals surface area (Å²) in [4.78, 5) is 11.7. The van der Waals surface area contributed by atoms with E-state index in [9.17, 15) is 4.79 Å². The van der Waals surface area contributed by atoms with Gasteiger partial charge in [-0.2, -0.15) is 11.8 Å². The number of amides is 2. The standard InChI is InChI=1S/C16H24ClN3OS/c17-14-4-2-13(3-5-14)12-22-11-1-8-19-16(21)20-15-6-9-18-10-7-15/h2-5,15,18H,1,6-12H2,(H2,19,20,21). The molecule has 2 amide bonds. The van der Waals surface area contributed by atoms with Crippen molar-refractivity contribution < 1.29 is 4.79 Å². The van der Waals surface area contributed by atoms with Crippen LogP contribution in [0.1, 0.15) is 24.8 Å². The van der Waals surface area contributed by atoms with E-state index in [-0.39, 0.29) is 6.03 Å². The van der Waals surface area contributed by atoms with Crippen molar-refractivity contribution in [2.75, 3.05) is 25.4 Å². The number of carbonyl (C=O) groups is 1. The molecule has 1 heterocycles. The largest absolute Gasteiger partial charge is 0.338 e. The smallest absolute Gasteiger partial charge is 0.315 e. The topological polar surface area (TPSA) is 53.2 Å². The molecular weight excluding hydrogens is 318 g/mol. The van der Waals surface area contributed by atoms with Crippen LogP contribution in [0, 0.1) is 0 Å². The molecule has 4 nitrogen and oxygen atoms in total. The second-order valence-corrected chi connectivity index (χ2v) is 7.00. The molecule has 0 aromatic heterocycles. The zero-order valence-corrected chi connectivity index (χ0v) is 14.3. The van der Waals surface area contributed by atoms with E-state index in [4.69, 9.17) is 11.6 Å². The van der Waals surface area contributed by atoms with Crippen molar-refractivity contribution >= 4 is 29.4 Å². The van der Waals surface area contributed by atoms with Gasteiger partial charge in [-0.05, 0) is 55.8 Å². The van der Waals surface area contributed by atoms with Gasteiger partial charge in [-0.25, -0.2) is 4.79 Å². The maximum Gasteiger partial charge on any atom is 0.315 e. The molecule has 0 unspecified atom stereocenters. The van der Waals surface area contributed by atoms with E-state index in [1.807, 2.05) is 23.9 Å². The quantitative estimate of drug-likeness (QED) is 0.668. The van der Waals surface area contributed by atoms with Gasteiger partial charge in [0.15, 0.2) is 0 Å². The third kappa shape index (κ3) is 6.90. The van der Waals surface area contributed by atoms with Gasteiger partial charge in [0, 0.05) is 23.4 Å². The van der Waals surface area contributed by atoms with Crippen molar-refractivity contribution in [1.82, 2.24) is 16.0 Å². The third-order valence-electron chi connectivity index (χ3n) is 3.61. The number of thioether (sulfide) groups is 1. The highest BCUT2D eigenvalue weighted by Gasteiger charge is 2.14. The van der Waals surface area contributed by atoms with Crippen molar-refractivity contribution in [3.8, 4) is 0 Å². The average molecular weight is 342 g/mol. The fraction of sp³-hybridized carbons (Fsp3) is 0.562. The normalized spacial score (nSPS) is 15.5. The number of benzene rings is 1. The van der Waals surface area contributed by atoms with E-state index in [1.54, 1.807) is 0 Å². The van der Waals surface area contributed by atoms with Gasteiger partial charge in [-0.15, -0.1) is 0 Å². The molecular formula is C16H24ClN3OS. The van der Waals surface area contributed by atoms with Crippen LogP contribution in [0.5, 0.6) is 0 Å². The van der Waals surface area contributed by atoms with E-state index >= 15 is 0 Å². The lowest BCUT2D eigenvalue weighted by atomic mass is 10.1. The summed E-state index contributed by atoms with van der Waals surface area (Å²) in [6.07, 6.45) is 3.02. The molecule has 6 heteroatoms. The summed E-state index contributed by atoms with van der Waals surface area (Å²) in [5.41, 5.74) is 1.28. The number of urea groups is 1. The van der Waals surface area contributed by atoms with Gasteiger partial charge in [0.25, 0.3) is 0 Å². The molecule has 3 N–H and O–H groups in total. The molecule has 0 atom stereocenters. The summed E-state index contributed by atoms with van der Waals surface area (Å²) in [5, 5.41) is 10.0. The highest BCUT2D eigenvalue weighted by Crippen LogP contribution is 2.15. The maximum absolute atomic E-state index is 11.7. The molecule has 22 heavy (non-hydrogen) atoms. The fourth-order valence-electron chi connectivity index (χ4n) is 2.35. The van der Waals surface area contributed by atoms with Gasteiger partial charge in [-0.3, -0.25) is 0 Å². The van der Waals surface area contributed by atoms with Crippen molar-refractivity contribution in [2.45, 2.75) is 31.1 Å². The zero-order chi connectivity index (χ0) is 15.6. The van der Waals surface area contributed by atoms with E-state index in [0.29, 0.717) is 6.04 Å². The summed E-state index contributed by atoms with van der Waals surface area (Å²) in [6, 6.07) is 8.24. The van der Waals surface area contributed by atoms with Crippen LogP contribution in [-0.2, 0) is 5.75 Å². The Morgan fingerprint density at radius 1 is 1.27 bits per heavy atom. The van der Waals surface area contributed by atoms with Gasteiger partial charge < -0.3 is 16.0 Å². The Morgan fingerprint density at radius 3 is 2.73 bits per heavy atom. The molecule has 1 fully saturated rings. The highest BCUT2D eigenvalue weighted by molar-refractivity contribution is 7.98. The summed E-state index contributed by atoms with van der Waals surface area (Å²) in [6.45, 7) is 2.71. The predicted molar refractivity (Wildman–Crippen MR) is 94.7 cm³/mol. The number of carbonyl (C=O) groups excluding carboxylic acids is 1. The van der Waals surface area contributed by atoms with Gasteiger partial charge in [-0.1, -0.05) is 23.7 Å². The molecule has 0 aliphatic carbocycles. The number of nitrogens with one attached hydrogen (secondary N) is 3. The van der Waals surface area contributed by atoms with E-state index in [1.165, 1.54) is 5.56 Å². The maximum atomic E-state index is 11.7. The van der Waals surface area contributed by atoms with Crippen molar-refractivity contribution in [2.24, 2.45) is 0 Å². The molecule has 1 aromatic rings. The van der Waals surface area contributed by atoms with Gasteiger partial charge in [0.05, 0.1) is 0 Å². The summed E-state index contributed by atoms with van der Waals surface area (Å²) in [7, 11) is 0. The Kier molecular flexibility index (Phi) is 7.91. The fourth-order valence-corrected chi connectivity index (χ4v) is 3.40. The monoisotopic (exact) mass is 341 g/mol. The molecule has 0 bridgehead atoms. The molecule has 1 aliphatic heterocycles. The first kappa shape index (κ1) is 17.4. The minimum absolute atomic E-state index is 0.0328. The number of piperidine rings is 1. The molecule has 1 saturated heterocycles. The second kappa shape index (κ2) is 9.98. The van der Waals surface area contributed by atoms with Gasteiger partial charge in [0.1, 0.15) is 0 Å². The summed E-state index contributed by atoms with van der Waals surface area (Å²) >= 11 is 7.73. The van der Waals surface area contributed by atoms with Crippen molar-refractivity contribution in [3.63, 3.8) is 0 Å². The van der Waals surface area contributed by atoms with Crippen LogP contribution in [0.25, 0.3) is 0 Å². The summed E-state index contributed by atoms with van der Waals surface area (Å²) in [5.74, 6) is 2.02. The number of halogens is 1. The lowest BCUT2D eigenvalue weighted by Gasteiger charge is -2.23. The van der Waals surface area contributed by atoms with E-state index in [0.717, 1.165) is 55.4 Å². The van der Waals surface area contributed by atoms with Gasteiger partial charge in [0.2, 0.25) is 0 Å². The van der Waals surface area contributed by atoms with E-state index in [2.05, 4.69) is 28.1 Å². The Hall–Kier alpha value is -0.910. The van der Waals surface area contributed by atoms with Crippen LogP contribution >= 0.6 is 23.4 Å². The first-order valence-electron chi connectivity index (χ1n) is 7.81. The zero-order valence-electron chi connectivity index (χ0n) is 12.7. The first-order valence-corrected chi connectivity index (χ1v) is 9.34. The SMILES string of the molecule is O=C(NCCCSCc1ccc(Cl)cc1)NC1CCNCC1. The highest BCUT2D eigenvalue weighted by atomic mass is 35.5. The van der Waals surface area contributed by atoms with Crippen LogP contribution in [0.4, 0.5) is 4.79 Å². The lowest BCUT2D eigenvalue weighted by molar-refractivity contribution is 0.233. The molecule has 0 saturated carbocycles. The third-order valence-corrected chi connectivity index (χ3v) is 4.97. The molecule has 1 aromatic carbocycles. The van der Waals surface area contributed by atoms with Crippen molar-refractivity contribution in [3.05, 3.63) is 34.9 Å². The van der Waals surface area contributed by atoms with Crippen LogP contribution in [-0.4, -0.2) is 37.5 Å². The predicted octanol–water partition coefficient (Wildman–Crippen LogP) is 3.01. The molecule has 0 spiro atoms. The number of hydrogen-bond donors (Lipinski definition) is 3. The number of rotatable bonds is 7. The van der Waals surface area contributed by atoms with Crippen LogP contribution in [0.2, 0.25) is 5.02 Å². The number of hydrogen-bond acceptors (Lipinski definition) is 3. The molecule has 1 aliphatic rings. The Balaban J connectivity index is 1.48. The first-order chi connectivity index (χ1) is 10.7. The Bertz CT molecular complexity index is 449. The van der Waals surface area contributed by atoms with Crippen LogP contribution in [0.3, 0.4) is 0 Å². The Labute approximate surface area is 141 Å². The second-order valence-electron chi connectivity index (χ2n) is 5.46. The minimum Gasteiger partial charge on any atom is -0.338 e. The average Bonchev–Trinajstić information content (AvgIpc) is 2.53. The van der Waals surface area contributed by atoms with Crippen LogP contribution in [0.15, 0.2) is 24.3 Å². The van der Waals surface area contributed by atoms with Crippen molar-refractivity contribution in [1.29, 1.82) is 0 Å². The Morgan fingerprint density at radius 2 is 2.00 bits per heavy atom. The summed E-state index contributed by atoms with van der Waals surface area (Å²) < 4.78 is 0. The lowest BCUT2D eigenvalue weighted by Crippen LogP contribution is -2.46. The molecule has 2 rings (SSSR count). The molecule has 0 radical (unpaired) electrons. The van der Waals surface area contributed by atoms with Crippen LogP contribution < -0.4 is 16.0 Å². The minimum atomic E-state index is -0.0328. The van der Waals surface area contributed by atoms with E-state index < -0.39 is 0 Å².